The Hall–Kier alpha value is -1.08. The summed E-state index contributed by atoms with van der Waals surface area (Å²) in [6.07, 6.45) is 9.04. The molecule has 1 aliphatic carbocycles. The maximum atomic E-state index is 3.49. The minimum atomic E-state index is 0.963. The van der Waals surface area contributed by atoms with Crippen LogP contribution in [0.1, 0.15) is 37.7 Å². The molecular weight excluding hydrogens is 194 g/mol. The molecule has 0 bridgehead atoms. The summed E-state index contributed by atoms with van der Waals surface area (Å²) < 4.78 is 0. The number of allylic oxidation sites excluding steroid dienone is 1. The molecule has 1 nitrogen and oxygen atoms in total. The van der Waals surface area contributed by atoms with Gasteiger partial charge < -0.3 is 5.32 Å². The van der Waals surface area contributed by atoms with Crippen LogP contribution in [0.4, 0.5) is 0 Å². The van der Waals surface area contributed by atoms with Crippen molar-refractivity contribution in [1.29, 1.82) is 0 Å². The maximum absolute atomic E-state index is 3.49. The second-order valence-electron chi connectivity index (χ2n) is 4.45. The molecule has 2 rings (SSSR count). The monoisotopic (exact) mass is 214 g/mol. The lowest BCUT2D eigenvalue weighted by molar-refractivity contribution is 0.632. The molecule has 1 aromatic rings. The van der Waals surface area contributed by atoms with Crippen molar-refractivity contribution >= 4 is 0 Å². The van der Waals surface area contributed by atoms with E-state index in [4.69, 9.17) is 0 Å². The second-order valence-corrected chi connectivity index (χ2v) is 4.45. The number of rotatable bonds is 5. The zero-order valence-corrected chi connectivity index (χ0v) is 9.84. The molecule has 0 saturated heterocycles. The van der Waals surface area contributed by atoms with Crippen LogP contribution in [0.3, 0.4) is 0 Å². The van der Waals surface area contributed by atoms with Crippen LogP contribution in [-0.4, -0.2) is 6.54 Å². The van der Waals surface area contributed by atoms with Crippen molar-refractivity contribution in [3.63, 3.8) is 0 Å². The molecule has 0 spiro atoms. The van der Waals surface area contributed by atoms with Gasteiger partial charge in [0.25, 0.3) is 0 Å². The average molecular weight is 214 g/mol. The summed E-state index contributed by atoms with van der Waals surface area (Å²) in [5, 5.41) is 3.49. The summed E-state index contributed by atoms with van der Waals surface area (Å²) in [5.41, 5.74) is 2.97. The van der Waals surface area contributed by atoms with Gasteiger partial charge in [-0.05, 0) is 56.3 Å². The van der Waals surface area contributed by atoms with Gasteiger partial charge in [-0.15, -0.1) is 0 Å². The first-order valence-electron chi connectivity index (χ1n) is 6.29. The highest BCUT2D eigenvalue weighted by Gasteiger charge is 2.02. The van der Waals surface area contributed by atoms with Gasteiger partial charge in [-0.25, -0.2) is 0 Å². The third kappa shape index (κ3) is 3.82. The van der Waals surface area contributed by atoms with E-state index < -0.39 is 0 Å². The van der Waals surface area contributed by atoms with E-state index in [1.807, 2.05) is 18.2 Å². The van der Waals surface area contributed by atoms with E-state index in [0.717, 1.165) is 13.1 Å². The Morgan fingerprint density at radius 1 is 1.31 bits per heavy atom. The van der Waals surface area contributed by atoms with E-state index in [9.17, 15) is 0 Å². The minimum absolute atomic E-state index is 0.963. The maximum Gasteiger partial charge on any atom is 0.0205 e. The van der Waals surface area contributed by atoms with Crippen LogP contribution >= 0.6 is 0 Å². The van der Waals surface area contributed by atoms with Gasteiger partial charge >= 0.3 is 0 Å². The van der Waals surface area contributed by atoms with Gasteiger partial charge in [0.2, 0.25) is 0 Å². The largest absolute Gasteiger partial charge is 0.312 e. The molecule has 0 atom stereocenters. The molecule has 0 fully saturated rings. The Bertz CT molecular complexity index is 327. The standard InChI is InChI=1S/C15H20N/c1-3-7-14(8-4-1)11-12-16-13-15-9-5-2-6-10-15/h2,5,7,9-10,16H,1,3-4,8,11-13H2. The predicted molar refractivity (Wildman–Crippen MR) is 68.2 cm³/mol. The number of hydrogen-bond donors (Lipinski definition) is 1. The Morgan fingerprint density at radius 2 is 2.31 bits per heavy atom. The minimum Gasteiger partial charge on any atom is -0.312 e. The van der Waals surface area contributed by atoms with Gasteiger partial charge in [-0.1, -0.05) is 29.8 Å². The van der Waals surface area contributed by atoms with Crippen molar-refractivity contribution in [2.24, 2.45) is 0 Å². The summed E-state index contributed by atoms with van der Waals surface area (Å²) in [5.74, 6) is 0. The van der Waals surface area contributed by atoms with Crippen LogP contribution in [0.25, 0.3) is 0 Å². The highest BCUT2D eigenvalue weighted by Crippen LogP contribution is 2.19. The Morgan fingerprint density at radius 3 is 3.06 bits per heavy atom. The van der Waals surface area contributed by atoms with Crippen molar-refractivity contribution in [1.82, 2.24) is 5.32 Å². The number of hydrogen-bond acceptors (Lipinski definition) is 1. The molecule has 0 saturated carbocycles. The SMILES string of the molecule is [c]1cccc(CNCCC2=CCCCC2)c1. The molecule has 1 radical (unpaired) electrons. The lowest BCUT2D eigenvalue weighted by Gasteiger charge is -2.12. The van der Waals surface area contributed by atoms with E-state index in [0.29, 0.717) is 0 Å². The van der Waals surface area contributed by atoms with Crippen molar-refractivity contribution in [3.8, 4) is 0 Å². The van der Waals surface area contributed by atoms with Gasteiger partial charge in [0, 0.05) is 6.54 Å². The summed E-state index contributed by atoms with van der Waals surface area (Å²) in [6, 6.07) is 11.3. The first-order chi connectivity index (χ1) is 7.95. The molecule has 0 aromatic heterocycles. The van der Waals surface area contributed by atoms with Crippen molar-refractivity contribution in [3.05, 3.63) is 47.5 Å². The van der Waals surface area contributed by atoms with Crippen LogP contribution < -0.4 is 5.32 Å². The Balaban J connectivity index is 1.63. The van der Waals surface area contributed by atoms with Crippen LogP contribution in [0, 0.1) is 6.07 Å². The first kappa shape index (κ1) is 11.4. The molecule has 16 heavy (non-hydrogen) atoms. The van der Waals surface area contributed by atoms with E-state index in [2.05, 4.69) is 23.5 Å². The smallest absolute Gasteiger partial charge is 0.0205 e. The summed E-state index contributed by atoms with van der Waals surface area (Å²) >= 11 is 0. The highest BCUT2D eigenvalue weighted by atomic mass is 14.8. The molecule has 1 aromatic carbocycles. The van der Waals surface area contributed by atoms with Crippen LogP contribution in [0.15, 0.2) is 35.9 Å². The van der Waals surface area contributed by atoms with Crippen molar-refractivity contribution in [2.75, 3.05) is 6.54 Å². The summed E-state index contributed by atoms with van der Waals surface area (Å²) in [6.45, 7) is 2.06. The number of nitrogens with one attached hydrogen (secondary N) is 1. The van der Waals surface area contributed by atoms with Gasteiger partial charge in [0.1, 0.15) is 0 Å². The first-order valence-corrected chi connectivity index (χ1v) is 6.29. The lowest BCUT2D eigenvalue weighted by Crippen LogP contribution is -2.15. The molecule has 1 aliphatic rings. The van der Waals surface area contributed by atoms with Gasteiger partial charge in [0.15, 0.2) is 0 Å². The quantitative estimate of drug-likeness (QED) is 0.584. The fourth-order valence-corrected chi connectivity index (χ4v) is 2.15. The third-order valence-corrected chi connectivity index (χ3v) is 3.11. The average Bonchev–Trinajstić information content (AvgIpc) is 2.37. The van der Waals surface area contributed by atoms with Crippen LogP contribution in [0.5, 0.6) is 0 Å². The molecule has 0 amide bonds. The lowest BCUT2D eigenvalue weighted by atomic mass is 9.97. The van der Waals surface area contributed by atoms with Gasteiger partial charge in [0.05, 0.1) is 0 Å². The van der Waals surface area contributed by atoms with E-state index in [-0.39, 0.29) is 0 Å². The molecule has 0 heterocycles. The normalized spacial score (nSPS) is 15.9. The van der Waals surface area contributed by atoms with Crippen LogP contribution in [0.2, 0.25) is 0 Å². The molecule has 1 N–H and O–H groups in total. The highest BCUT2D eigenvalue weighted by molar-refractivity contribution is 5.13. The molecular formula is C15H20N. The molecule has 0 aliphatic heterocycles. The summed E-state index contributed by atoms with van der Waals surface area (Å²) in [4.78, 5) is 0. The molecule has 0 unspecified atom stereocenters. The van der Waals surface area contributed by atoms with E-state index in [1.54, 1.807) is 5.57 Å². The van der Waals surface area contributed by atoms with Crippen LogP contribution in [-0.2, 0) is 6.54 Å². The fourth-order valence-electron chi connectivity index (χ4n) is 2.15. The van der Waals surface area contributed by atoms with E-state index >= 15 is 0 Å². The Kier molecular flexibility index (Phi) is 4.63. The summed E-state index contributed by atoms with van der Waals surface area (Å²) in [7, 11) is 0. The molecule has 85 valence electrons. The zero-order valence-electron chi connectivity index (χ0n) is 9.84. The second kappa shape index (κ2) is 6.49. The van der Waals surface area contributed by atoms with E-state index in [1.165, 1.54) is 37.7 Å². The molecule has 1 heteroatoms. The Labute approximate surface area is 98.6 Å². The van der Waals surface area contributed by atoms with Gasteiger partial charge in [-0.3, -0.25) is 0 Å². The van der Waals surface area contributed by atoms with Crippen molar-refractivity contribution < 1.29 is 0 Å². The van der Waals surface area contributed by atoms with Gasteiger partial charge in [-0.2, -0.15) is 0 Å². The predicted octanol–water partition coefficient (Wildman–Crippen LogP) is 3.47. The number of benzene rings is 1. The third-order valence-electron chi connectivity index (χ3n) is 3.11. The zero-order chi connectivity index (χ0) is 11.1. The van der Waals surface area contributed by atoms with Crippen molar-refractivity contribution in [2.45, 2.75) is 38.6 Å². The fraction of sp³-hybridized carbons (Fsp3) is 0.467. The topological polar surface area (TPSA) is 12.0 Å².